The second-order valence-corrected chi connectivity index (χ2v) is 8.26. The van der Waals surface area contributed by atoms with E-state index in [1.807, 2.05) is 12.1 Å². The topological polar surface area (TPSA) is 78.4 Å². The molecule has 24 heavy (non-hydrogen) atoms. The highest BCUT2D eigenvalue weighted by atomic mass is 127. The molecule has 0 aliphatic carbocycles. The number of halogens is 3. The minimum atomic E-state index is -1.10. The molecule has 0 unspecified atom stereocenters. The molecule has 1 amide bonds. The number of hydrogen-bond acceptors (Lipinski definition) is 3. The minimum absolute atomic E-state index is 0.0273. The molecule has 0 fully saturated rings. The Hall–Kier alpha value is -0.790. The third kappa shape index (κ3) is 5.10. The van der Waals surface area contributed by atoms with Crippen LogP contribution in [0.15, 0.2) is 40.9 Å². The van der Waals surface area contributed by atoms with Crippen LogP contribution in [0.25, 0.3) is 0 Å². The minimum Gasteiger partial charge on any atom is -0.478 e. The quantitative estimate of drug-likeness (QED) is 0.344. The third-order valence-electron chi connectivity index (χ3n) is 2.86. The number of benzene rings is 2. The summed E-state index contributed by atoms with van der Waals surface area (Å²) in [6.07, 6.45) is 0. The van der Waals surface area contributed by atoms with Gasteiger partial charge in [-0.2, -0.15) is 0 Å². The molecule has 124 valence electrons. The van der Waals surface area contributed by atoms with Crippen molar-refractivity contribution in [3.8, 4) is 0 Å². The van der Waals surface area contributed by atoms with Crippen LogP contribution in [0.1, 0.15) is 20.7 Å². The zero-order valence-electron chi connectivity index (χ0n) is 11.8. The fourth-order valence-electron chi connectivity index (χ4n) is 1.80. The zero-order chi connectivity index (χ0) is 17.9. The Bertz CT molecular complexity index is 845. The number of rotatable bonds is 3. The van der Waals surface area contributed by atoms with Gasteiger partial charge in [0.1, 0.15) is 0 Å². The molecule has 0 spiro atoms. The number of carboxylic acid groups (broad SMARTS) is 1. The van der Waals surface area contributed by atoms with Crippen molar-refractivity contribution in [2.24, 2.45) is 0 Å². The largest absolute Gasteiger partial charge is 0.478 e. The van der Waals surface area contributed by atoms with Crippen molar-refractivity contribution in [2.75, 3.05) is 5.32 Å². The van der Waals surface area contributed by atoms with Crippen LogP contribution < -0.4 is 10.6 Å². The predicted octanol–water partition coefficient (Wildman–Crippen LogP) is 4.48. The molecule has 5 nitrogen and oxygen atoms in total. The van der Waals surface area contributed by atoms with Gasteiger partial charge in [-0.25, -0.2) is 4.79 Å². The van der Waals surface area contributed by atoms with E-state index in [-0.39, 0.29) is 16.6 Å². The first-order valence-electron chi connectivity index (χ1n) is 6.38. The first-order valence-corrected chi connectivity index (χ1v) is 9.74. The molecule has 0 aliphatic rings. The van der Waals surface area contributed by atoms with E-state index in [1.54, 1.807) is 18.2 Å². The summed E-state index contributed by atoms with van der Waals surface area (Å²) in [5.41, 5.74) is 0.846. The normalized spacial score (nSPS) is 10.1. The Morgan fingerprint density at radius 1 is 1.08 bits per heavy atom. The molecule has 2 rings (SSSR count). The fourth-order valence-corrected chi connectivity index (χ4v) is 3.43. The second-order valence-electron chi connectivity index (χ2n) is 4.53. The van der Waals surface area contributed by atoms with Gasteiger partial charge in [0.15, 0.2) is 5.11 Å². The molecule has 9 heteroatoms. The van der Waals surface area contributed by atoms with Crippen molar-refractivity contribution in [3.63, 3.8) is 0 Å². The van der Waals surface area contributed by atoms with Gasteiger partial charge in [0, 0.05) is 11.6 Å². The molecule has 0 heterocycles. The molecular weight excluding hydrogens is 622 g/mol. The van der Waals surface area contributed by atoms with E-state index in [0.717, 1.165) is 7.14 Å². The lowest BCUT2D eigenvalue weighted by Gasteiger charge is -2.12. The molecule has 2 aromatic carbocycles. The first kappa shape index (κ1) is 19.5. The number of carbonyl (C=O) groups excluding carboxylic acids is 1. The summed E-state index contributed by atoms with van der Waals surface area (Å²) in [4.78, 5) is 23.6. The lowest BCUT2D eigenvalue weighted by Crippen LogP contribution is -2.35. The van der Waals surface area contributed by atoms with Gasteiger partial charge < -0.3 is 10.4 Å². The summed E-state index contributed by atoms with van der Waals surface area (Å²) in [5, 5.41) is 14.6. The maximum atomic E-state index is 12.3. The summed E-state index contributed by atoms with van der Waals surface area (Å²) in [7, 11) is 0. The van der Waals surface area contributed by atoms with Crippen LogP contribution in [0, 0.1) is 7.14 Å². The average Bonchev–Trinajstić information content (AvgIpc) is 2.51. The molecular formula is C15H9BrI2N2O3S. The molecule has 0 radical (unpaired) electrons. The highest BCUT2D eigenvalue weighted by molar-refractivity contribution is 14.1. The van der Waals surface area contributed by atoms with Gasteiger partial charge >= 0.3 is 5.97 Å². The van der Waals surface area contributed by atoms with Crippen molar-refractivity contribution >= 4 is 96.0 Å². The highest BCUT2D eigenvalue weighted by Gasteiger charge is 2.15. The molecule has 0 saturated carbocycles. The summed E-state index contributed by atoms with van der Waals surface area (Å²) in [6.45, 7) is 0. The smallest absolute Gasteiger partial charge is 0.337 e. The SMILES string of the molecule is O=C(NC(=S)Nc1ccc(Br)cc1C(=O)O)c1cc(I)ccc1I. The zero-order valence-corrected chi connectivity index (χ0v) is 18.5. The van der Waals surface area contributed by atoms with Gasteiger partial charge in [-0.15, -0.1) is 0 Å². The number of hydrogen-bond donors (Lipinski definition) is 3. The molecule has 0 saturated heterocycles. The Morgan fingerprint density at radius 3 is 2.46 bits per heavy atom. The van der Waals surface area contributed by atoms with Gasteiger partial charge in [-0.05, 0) is 93.8 Å². The van der Waals surface area contributed by atoms with E-state index in [0.29, 0.717) is 15.7 Å². The van der Waals surface area contributed by atoms with Crippen LogP contribution in [-0.2, 0) is 0 Å². The Kier molecular flexibility index (Phi) is 6.95. The van der Waals surface area contributed by atoms with E-state index in [1.165, 1.54) is 6.07 Å². The molecule has 2 aromatic rings. The predicted molar refractivity (Wildman–Crippen MR) is 117 cm³/mol. The lowest BCUT2D eigenvalue weighted by molar-refractivity contribution is 0.0697. The Morgan fingerprint density at radius 2 is 1.79 bits per heavy atom. The van der Waals surface area contributed by atoms with Crippen LogP contribution in [0.4, 0.5) is 5.69 Å². The fraction of sp³-hybridized carbons (Fsp3) is 0. The number of aromatic carboxylic acids is 1. The number of thiocarbonyl (C=S) groups is 1. The van der Waals surface area contributed by atoms with Crippen LogP contribution in [0.2, 0.25) is 0 Å². The summed E-state index contributed by atoms with van der Waals surface area (Å²) in [5.74, 6) is -1.45. The van der Waals surface area contributed by atoms with Crippen molar-refractivity contribution in [3.05, 3.63) is 59.1 Å². The number of carboxylic acids is 1. The van der Waals surface area contributed by atoms with Crippen molar-refractivity contribution < 1.29 is 14.7 Å². The molecule has 3 N–H and O–H groups in total. The van der Waals surface area contributed by atoms with E-state index in [9.17, 15) is 14.7 Å². The number of amides is 1. The van der Waals surface area contributed by atoms with Gasteiger partial charge in [-0.1, -0.05) is 15.9 Å². The van der Waals surface area contributed by atoms with E-state index < -0.39 is 5.97 Å². The van der Waals surface area contributed by atoms with Gasteiger partial charge in [-0.3, -0.25) is 10.1 Å². The van der Waals surface area contributed by atoms with Gasteiger partial charge in [0.2, 0.25) is 0 Å². The van der Waals surface area contributed by atoms with Crippen LogP contribution in [0.3, 0.4) is 0 Å². The Balaban J connectivity index is 2.15. The van der Waals surface area contributed by atoms with Crippen molar-refractivity contribution in [1.29, 1.82) is 0 Å². The summed E-state index contributed by atoms with van der Waals surface area (Å²) < 4.78 is 2.36. The van der Waals surface area contributed by atoms with Crippen LogP contribution in [-0.4, -0.2) is 22.1 Å². The van der Waals surface area contributed by atoms with Gasteiger partial charge in [0.25, 0.3) is 5.91 Å². The van der Waals surface area contributed by atoms with Crippen molar-refractivity contribution in [2.45, 2.75) is 0 Å². The standard InChI is InChI=1S/C15H9BrI2N2O3S/c16-7-1-4-12(10(5-7)14(22)23)19-15(24)20-13(21)9-6-8(17)2-3-11(9)18/h1-6H,(H,22,23)(H2,19,20,21,24). The van der Waals surface area contributed by atoms with Crippen LogP contribution in [0.5, 0.6) is 0 Å². The van der Waals surface area contributed by atoms with Crippen molar-refractivity contribution in [1.82, 2.24) is 5.32 Å². The second kappa shape index (κ2) is 8.54. The third-order valence-corrected chi connectivity index (χ3v) is 5.17. The Labute approximate surface area is 179 Å². The maximum Gasteiger partial charge on any atom is 0.337 e. The van der Waals surface area contributed by atoms with E-state index in [2.05, 4.69) is 71.7 Å². The van der Waals surface area contributed by atoms with Gasteiger partial charge in [0.05, 0.1) is 16.8 Å². The maximum absolute atomic E-state index is 12.3. The monoisotopic (exact) mass is 630 g/mol. The summed E-state index contributed by atoms with van der Waals surface area (Å²) in [6, 6.07) is 10.2. The summed E-state index contributed by atoms with van der Waals surface area (Å²) >= 11 is 12.5. The molecule has 0 bridgehead atoms. The molecule has 0 aromatic heterocycles. The molecule has 0 atom stereocenters. The van der Waals surface area contributed by atoms with E-state index >= 15 is 0 Å². The highest BCUT2D eigenvalue weighted by Crippen LogP contribution is 2.21. The number of anilines is 1. The number of nitrogens with one attached hydrogen (secondary N) is 2. The van der Waals surface area contributed by atoms with Crippen LogP contribution >= 0.6 is 73.3 Å². The number of carbonyl (C=O) groups is 2. The molecule has 0 aliphatic heterocycles. The lowest BCUT2D eigenvalue weighted by atomic mass is 10.2. The average molecular weight is 631 g/mol. The van der Waals surface area contributed by atoms with E-state index in [4.69, 9.17) is 12.2 Å². The first-order chi connectivity index (χ1) is 11.3.